The topological polar surface area (TPSA) is 35.2 Å². The van der Waals surface area contributed by atoms with Gasteiger partial charge in [-0.3, -0.25) is 0 Å². The zero-order valence-electron chi connectivity index (χ0n) is 10.0. The zero-order chi connectivity index (χ0) is 13.0. The lowest BCUT2D eigenvalue weighted by Gasteiger charge is -2.09. The van der Waals surface area contributed by atoms with E-state index in [4.69, 9.17) is 22.1 Å². The number of nitrogens with two attached hydrogens (primary N) is 1. The first-order chi connectivity index (χ1) is 8.70. The van der Waals surface area contributed by atoms with E-state index in [0.717, 1.165) is 22.0 Å². The van der Waals surface area contributed by atoms with Crippen molar-refractivity contribution in [1.29, 1.82) is 0 Å². The van der Waals surface area contributed by atoms with Crippen LogP contribution in [0.2, 0.25) is 5.02 Å². The van der Waals surface area contributed by atoms with Crippen LogP contribution in [0.15, 0.2) is 47.4 Å². The van der Waals surface area contributed by atoms with E-state index in [1.807, 2.05) is 30.3 Å². The summed E-state index contributed by atoms with van der Waals surface area (Å²) in [6.45, 7) is 0. The Morgan fingerprint density at radius 2 is 2.00 bits per heavy atom. The van der Waals surface area contributed by atoms with Crippen LogP contribution in [0.5, 0.6) is 5.75 Å². The van der Waals surface area contributed by atoms with Crippen LogP contribution < -0.4 is 10.5 Å². The molecule has 2 aromatic carbocycles. The quantitative estimate of drug-likeness (QED) is 0.672. The van der Waals surface area contributed by atoms with Crippen molar-refractivity contribution < 1.29 is 4.74 Å². The van der Waals surface area contributed by atoms with Crippen LogP contribution in [-0.2, 0) is 5.75 Å². The van der Waals surface area contributed by atoms with Gasteiger partial charge in [-0.05, 0) is 24.3 Å². The second-order valence-electron chi connectivity index (χ2n) is 3.79. The molecule has 0 aliphatic heterocycles. The van der Waals surface area contributed by atoms with E-state index >= 15 is 0 Å². The molecule has 0 amide bonds. The van der Waals surface area contributed by atoms with E-state index in [0.29, 0.717) is 10.7 Å². The minimum absolute atomic E-state index is 0.682. The van der Waals surface area contributed by atoms with Gasteiger partial charge in [-0.25, -0.2) is 0 Å². The summed E-state index contributed by atoms with van der Waals surface area (Å²) in [7, 11) is 1.68. The lowest BCUT2D eigenvalue weighted by molar-refractivity contribution is 0.411. The molecule has 2 nitrogen and oxygen atoms in total. The highest BCUT2D eigenvalue weighted by atomic mass is 35.5. The molecular weight excluding hydrogens is 266 g/mol. The van der Waals surface area contributed by atoms with Crippen LogP contribution in [-0.4, -0.2) is 7.11 Å². The molecule has 0 saturated heterocycles. The molecule has 0 aliphatic rings. The Hall–Kier alpha value is -1.32. The molecule has 0 radical (unpaired) electrons. The first-order valence-corrected chi connectivity index (χ1v) is 6.87. The van der Waals surface area contributed by atoms with E-state index in [2.05, 4.69) is 6.07 Å². The highest BCUT2D eigenvalue weighted by molar-refractivity contribution is 7.98. The summed E-state index contributed by atoms with van der Waals surface area (Å²) in [4.78, 5) is 1.02. The second-order valence-corrected chi connectivity index (χ2v) is 5.21. The number of benzene rings is 2. The van der Waals surface area contributed by atoms with Crippen LogP contribution >= 0.6 is 23.4 Å². The summed E-state index contributed by atoms with van der Waals surface area (Å²) in [5, 5.41) is 0.690. The third kappa shape index (κ3) is 3.12. The summed E-state index contributed by atoms with van der Waals surface area (Å²) in [5.74, 6) is 1.71. The second kappa shape index (κ2) is 6.03. The predicted octanol–water partition coefficient (Wildman–Crippen LogP) is 4.22. The molecule has 2 aromatic rings. The molecular formula is C14H14ClNOS. The zero-order valence-corrected chi connectivity index (χ0v) is 11.6. The molecule has 0 unspecified atom stereocenters. The molecule has 0 bridgehead atoms. The van der Waals surface area contributed by atoms with Crippen molar-refractivity contribution in [2.75, 3.05) is 12.8 Å². The average molecular weight is 280 g/mol. The number of para-hydroxylation sites is 1. The monoisotopic (exact) mass is 279 g/mol. The Morgan fingerprint density at radius 3 is 2.72 bits per heavy atom. The molecule has 18 heavy (non-hydrogen) atoms. The third-order valence-electron chi connectivity index (χ3n) is 2.53. The largest absolute Gasteiger partial charge is 0.496 e. The van der Waals surface area contributed by atoms with Gasteiger partial charge in [-0.2, -0.15) is 0 Å². The van der Waals surface area contributed by atoms with Gasteiger partial charge < -0.3 is 10.5 Å². The van der Waals surface area contributed by atoms with Gasteiger partial charge >= 0.3 is 0 Å². The van der Waals surface area contributed by atoms with Crippen molar-refractivity contribution in [3.63, 3.8) is 0 Å². The van der Waals surface area contributed by atoms with Crippen molar-refractivity contribution in [2.24, 2.45) is 0 Å². The summed E-state index contributed by atoms with van der Waals surface area (Å²) in [6.07, 6.45) is 0. The Kier molecular flexibility index (Phi) is 4.39. The molecule has 0 spiro atoms. The number of rotatable bonds is 4. The normalized spacial score (nSPS) is 10.3. The highest BCUT2D eigenvalue weighted by Gasteiger charge is 2.05. The van der Waals surface area contributed by atoms with Gasteiger partial charge in [0.25, 0.3) is 0 Å². The smallest absolute Gasteiger partial charge is 0.122 e. The van der Waals surface area contributed by atoms with Gasteiger partial charge in [0, 0.05) is 21.9 Å². The lowest BCUT2D eigenvalue weighted by atomic mass is 10.2. The lowest BCUT2D eigenvalue weighted by Crippen LogP contribution is -1.90. The average Bonchev–Trinajstić information content (AvgIpc) is 2.38. The number of methoxy groups -OCH3 is 1. The first kappa shape index (κ1) is 13.1. The van der Waals surface area contributed by atoms with E-state index in [9.17, 15) is 0 Å². The summed E-state index contributed by atoms with van der Waals surface area (Å²) < 4.78 is 5.32. The minimum atomic E-state index is 0.682. The maximum absolute atomic E-state index is 6.14. The molecule has 0 aromatic heterocycles. The molecule has 0 saturated carbocycles. The van der Waals surface area contributed by atoms with Crippen LogP contribution in [0.3, 0.4) is 0 Å². The number of thioether (sulfide) groups is 1. The van der Waals surface area contributed by atoms with Gasteiger partial charge in [0.05, 0.1) is 12.1 Å². The fourth-order valence-corrected chi connectivity index (χ4v) is 2.88. The van der Waals surface area contributed by atoms with Crippen LogP contribution in [0.1, 0.15) is 5.56 Å². The summed E-state index contributed by atoms with van der Waals surface area (Å²) in [5.41, 5.74) is 7.50. The van der Waals surface area contributed by atoms with Gasteiger partial charge in [-0.1, -0.05) is 29.8 Å². The fraction of sp³-hybridized carbons (Fsp3) is 0.143. The number of halogens is 1. The standard InChI is InChI=1S/C14H14ClNOS/c1-17-13-5-3-2-4-10(13)9-18-14-7-6-11(16)8-12(14)15/h2-8H,9,16H2,1H3. The number of anilines is 1. The van der Waals surface area contributed by atoms with Crippen molar-refractivity contribution in [2.45, 2.75) is 10.6 Å². The van der Waals surface area contributed by atoms with Crippen LogP contribution in [0.4, 0.5) is 5.69 Å². The van der Waals surface area contributed by atoms with E-state index in [1.165, 1.54) is 0 Å². The molecule has 2 N–H and O–H groups in total. The summed E-state index contributed by atoms with van der Waals surface area (Å²) in [6, 6.07) is 13.5. The number of ether oxygens (including phenoxy) is 1. The SMILES string of the molecule is COc1ccccc1CSc1ccc(N)cc1Cl. The Morgan fingerprint density at radius 1 is 1.22 bits per heavy atom. The van der Waals surface area contributed by atoms with Gasteiger partial charge in [0.15, 0.2) is 0 Å². The van der Waals surface area contributed by atoms with Crippen molar-refractivity contribution in [1.82, 2.24) is 0 Å². The molecule has 0 atom stereocenters. The predicted molar refractivity (Wildman–Crippen MR) is 78.4 cm³/mol. The molecule has 4 heteroatoms. The van der Waals surface area contributed by atoms with Crippen LogP contribution in [0, 0.1) is 0 Å². The summed E-state index contributed by atoms with van der Waals surface area (Å²) >= 11 is 7.81. The number of nitrogen functional groups attached to an aromatic ring is 1. The maximum atomic E-state index is 6.14. The van der Waals surface area contributed by atoms with Gasteiger partial charge in [-0.15, -0.1) is 11.8 Å². The fourth-order valence-electron chi connectivity index (χ4n) is 1.61. The van der Waals surface area contributed by atoms with E-state index in [1.54, 1.807) is 24.9 Å². The Bertz CT molecular complexity index is 545. The first-order valence-electron chi connectivity index (χ1n) is 5.50. The van der Waals surface area contributed by atoms with Crippen LogP contribution in [0.25, 0.3) is 0 Å². The number of hydrogen-bond donors (Lipinski definition) is 1. The van der Waals surface area contributed by atoms with Crippen molar-refractivity contribution in [3.8, 4) is 5.75 Å². The Balaban J connectivity index is 2.11. The van der Waals surface area contributed by atoms with Crippen molar-refractivity contribution in [3.05, 3.63) is 53.1 Å². The van der Waals surface area contributed by atoms with E-state index < -0.39 is 0 Å². The third-order valence-corrected chi connectivity index (χ3v) is 4.08. The van der Waals surface area contributed by atoms with Gasteiger partial charge in [0.1, 0.15) is 5.75 Å². The molecule has 0 aliphatic carbocycles. The highest BCUT2D eigenvalue weighted by Crippen LogP contribution is 2.33. The van der Waals surface area contributed by atoms with Gasteiger partial charge in [0.2, 0.25) is 0 Å². The molecule has 0 heterocycles. The number of hydrogen-bond acceptors (Lipinski definition) is 3. The molecule has 2 rings (SSSR count). The maximum Gasteiger partial charge on any atom is 0.122 e. The van der Waals surface area contributed by atoms with Crippen molar-refractivity contribution >= 4 is 29.1 Å². The molecule has 94 valence electrons. The Labute approximate surface area is 116 Å². The minimum Gasteiger partial charge on any atom is -0.496 e. The molecule has 0 fully saturated rings. The van der Waals surface area contributed by atoms with E-state index in [-0.39, 0.29) is 0 Å².